The molecule has 2 aromatic carbocycles. The van der Waals surface area contributed by atoms with E-state index in [9.17, 15) is 0 Å². The van der Waals surface area contributed by atoms with Gasteiger partial charge in [0.25, 0.3) is 0 Å². The third kappa shape index (κ3) is 16.7. The molecule has 0 aliphatic carbocycles. The molecule has 0 amide bonds. The Hall–Kier alpha value is -1.50. The third-order valence-electron chi connectivity index (χ3n) is 4.11. The Morgan fingerprint density at radius 3 is 1.18 bits per heavy atom. The van der Waals surface area contributed by atoms with E-state index in [4.69, 9.17) is 20.8 Å². The standard InChI is InChI=1S/C22H30N2P2.2C2H4N.Fe/c1-25(2)17-15-23-21(19-11-7-5-8-12-19)22(24-16-18-26(3)4)20-13-9-6-10-14-20;2*1-2-3;/h5-16,21-22H,17-18H2,1-4H3;2*2H,1H3;/q;2*-1;+2/p+2/t21-,22-;;;/m1.../s1. The minimum Gasteiger partial charge on any atom is -0.814 e. The molecule has 0 saturated carbocycles. The summed E-state index contributed by atoms with van der Waals surface area (Å²) in [6.07, 6.45) is 8.45. The van der Waals surface area contributed by atoms with Crippen LogP contribution in [0.2, 0.25) is 0 Å². The normalized spacial score (nSPS) is 12.2. The monoisotopic (exact) mass is 526 g/mol. The van der Waals surface area contributed by atoms with Crippen LogP contribution in [0.25, 0.3) is 10.8 Å². The first kappa shape index (κ1) is 33.7. The minimum absolute atomic E-state index is 0. The number of nitrogens with zero attached hydrogens (tertiary/aromatic N) is 4. The molecule has 0 N–H and O–H groups in total. The molecule has 7 heteroatoms. The molecule has 2 rings (SSSR count). The largest absolute Gasteiger partial charge is 2.00 e. The topological polar surface area (TPSA) is 69.3 Å². The Morgan fingerprint density at radius 2 is 0.939 bits per heavy atom. The predicted molar refractivity (Wildman–Crippen MR) is 156 cm³/mol. The van der Waals surface area contributed by atoms with Gasteiger partial charge >= 0.3 is 17.1 Å². The van der Waals surface area contributed by atoms with Crippen molar-refractivity contribution in [2.45, 2.75) is 25.9 Å². The minimum atomic E-state index is -0.312. The number of rotatable bonds is 9. The van der Waals surface area contributed by atoms with Gasteiger partial charge in [0.15, 0.2) is 0 Å². The average Bonchev–Trinajstić information content (AvgIpc) is 2.77. The Bertz CT molecular complexity index is 714. The fourth-order valence-corrected chi connectivity index (χ4v) is 3.64. The van der Waals surface area contributed by atoms with Gasteiger partial charge in [0.2, 0.25) is 0 Å². The first-order valence-corrected chi connectivity index (χ1v) is 16.4. The van der Waals surface area contributed by atoms with Crippen molar-refractivity contribution in [3.8, 4) is 0 Å². The SMILES string of the molecule is CC=[N-].CC=[N-].C[PH+](C)CC=N[C@H](c1ccccc1)[C@H](N=CC[PH+](C)C)c1ccccc1.[Fe+2]. The van der Waals surface area contributed by atoms with Crippen molar-refractivity contribution in [1.29, 1.82) is 0 Å². The molecule has 0 spiro atoms. The van der Waals surface area contributed by atoms with Crippen molar-refractivity contribution in [2.24, 2.45) is 9.98 Å². The van der Waals surface area contributed by atoms with Gasteiger partial charge in [-0.25, -0.2) is 12.4 Å². The van der Waals surface area contributed by atoms with Crippen molar-refractivity contribution in [3.63, 3.8) is 0 Å². The summed E-state index contributed by atoms with van der Waals surface area (Å²) >= 11 is 0. The maximum Gasteiger partial charge on any atom is 2.00 e. The van der Waals surface area contributed by atoms with Gasteiger partial charge in [-0.2, -0.15) is 0 Å². The van der Waals surface area contributed by atoms with Crippen LogP contribution in [0.3, 0.4) is 0 Å². The van der Waals surface area contributed by atoms with Gasteiger partial charge in [-0.05, 0) is 11.1 Å². The van der Waals surface area contributed by atoms with Crippen LogP contribution in [-0.4, -0.2) is 63.8 Å². The van der Waals surface area contributed by atoms with Gasteiger partial charge in [-0.1, -0.05) is 74.5 Å². The molecule has 33 heavy (non-hydrogen) atoms. The van der Waals surface area contributed by atoms with Crippen molar-refractivity contribution in [3.05, 3.63) is 82.6 Å². The molecule has 4 nitrogen and oxygen atoms in total. The summed E-state index contributed by atoms with van der Waals surface area (Å²) in [5, 5.41) is 14.9. The summed E-state index contributed by atoms with van der Waals surface area (Å²) < 4.78 is 0. The van der Waals surface area contributed by atoms with E-state index < -0.39 is 0 Å². The van der Waals surface area contributed by atoms with Crippen LogP contribution in [0.5, 0.6) is 0 Å². The zero-order valence-corrected chi connectivity index (χ0v) is 23.9. The smallest absolute Gasteiger partial charge is 0.814 e. The number of benzene rings is 2. The third-order valence-corrected chi connectivity index (χ3v) is 6.11. The van der Waals surface area contributed by atoms with Gasteiger partial charge in [-0.15, -0.1) is 0 Å². The second kappa shape index (κ2) is 22.3. The molecular weight excluding hydrogens is 486 g/mol. The maximum absolute atomic E-state index is 7.44. The molecule has 0 unspecified atom stereocenters. The summed E-state index contributed by atoms with van der Waals surface area (Å²) in [6, 6.07) is 21.3. The molecule has 0 aliphatic rings. The number of aliphatic imine (C=N–C) groups is 2. The summed E-state index contributed by atoms with van der Waals surface area (Å²) in [7, 11) is -0.625. The van der Waals surface area contributed by atoms with E-state index in [0.717, 1.165) is 24.8 Å². The molecule has 0 bridgehead atoms. The average molecular weight is 526 g/mol. The summed E-state index contributed by atoms with van der Waals surface area (Å²) in [5.41, 5.74) is 2.46. The van der Waals surface area contributed by atoms with E-state index in [1.54, 1.807) is 13.8 Å². The molecule has 180 valence electrons. The van der Waals surface area contributed by atoms with Gasteiger partial charge in [0.05, 0.1) is 12.3 Å². The fourth-order valence-electron chi connectivity index (χ4n) is 2.70. The first-order chi connectivity index (χ1) is 15.4. The van der Waals surface area contributed by atoms with Crippen LogP contribution < -0.4 is 0 Å². The molecule has 0 radical (unpaired) electrons. The van der Waals surface area contributed by atoms with Crippen LogP contribution in [0, 0.1) is 0 Å². The molecular formula is C26H40FeN4P2+2. The number of hydrogen-bond donors (Lipinski definition) is 0. The van der Waals surface area contributed by atoms with Crippen molar-refractivity contribution < 1.29 is 17.1 Å². The van der Waals surface area contributed by atoms with Crippen LogP contribution >= 0.6 is 15.8 Å². The van der Waals surface area contributed by atoms with Gasteiger partial charge in [-0.3, -0.25) is 9.98 Å². The Balaban J connectivity index is 0. The molecule has 0 saturated heterocycles. The summed E-state index contributed by atoms with van der Waals surface area (Å²) in [6.45, 7) is 12.4. The van der Waals surface area contributed by atoms with Gasteiger partial charge in [0, 0.05) is 54.9 Å². The van der Waals surface area contributed by atoms with E-state index in [1.807, 2.05) is 0 Å². The van der Waals surface area contributed by atoms with Crippen LogP contribution in [-0.2, 0) is 17.1 Å². The second-order valence-electron chi connectivity index (χ2n) is 7.71. The van der Waals surface area contributed by atoms with E-state index >= 15 is 0 Å². The van der Waals surface area contributed by atoms with Crippen LogP contribution in [0.15, 0.2) is 70.6 Å². The van der Waals surface area contributed by atoms with E-state index in [2.05, 4.69) is 99.8 Å². The Kier molecular flexibility index (Phi) is 22.8. The van der Waals surface area contributed by atoms with E-state index in [-0.39, 0.29) is 45.0 Å². The zero-order chi connectivity index (χ0) is 24.2. The molecule has 0 aromatic heterocycles. The predicted octanol–water partition coefficient (Wildman–Crippen LogP) is 6.85. The van der Waals surface area contributed by atoms with Crippen LogP contribution in [0.1, 0.15) is 37.1 Å². The molecule has 2 aromatic rings. The second-order valence-corrected chi connectivity index (χ2v) is 13.4. The van der Waals surface area contributed by atoms with Crippen molar-refractivity contribution in [1.82, 2.24) is 0 Å². The van der Waals surface area contributed by atoms with Crippen molar-refractivity contribution >= 4 is 40.7 Å². The maximum atomic E-state index is 7.44. The Morgan fingerprint density at radius 1 is 0.667 bits per heavy atom. The Labute approximate surface area is 214 Å². The molecule has 0 fully saturated rings. The van der Waals surface area contributed by atoms with Gasteiger partial charge in [0.1, 0.15) is 12.1 Å². The van der Waals surface area contributed by atoms with Crippen LogP contribution in [0.4, 0.5) is 0 Å². The van der Waals surface area contributed by atoms with E-state index in [1.165, 1.54) is 11.1 Å². The summed E-state index contributed by atoms with van der Waals surface area (Å²) in [4.78, 5) is 10.0. The summed E-state index contributed by atoms with van der Waals surface area (Å²) in [5.74, 6) is 0. The fraction of sp³-hybridized carbons (Fsp3) is 0.385. The molecule has 0 aliphatic heterocycles. The number of hydrogen-bond acceptors (Lipinski definition) is 2. The van der Waals surface area contributed by atoms with Crippen molar-refractivity contribution in [2.75, 3.05) is 39.0 Å². The first-order valence-electron chi connectivity index (χ1n) is 11.0. The quantitative estimate of drug-likeness (QED) is 0.195. The van der Waals surface area contributed by atoms with Gasteiger partial charge < -0.3 is 10.8 Å². The molecule has 0 heterocycles. The molecule has 2 atom stereocenters. The zero-order valence-electron chi connectivity index (χ0n) is 20.8. The van der Waals surface area contributed by atoms with E-state index in [0.29, 0.717) is 0 Å².